The lowest BCUT2D eigenvalue weighted by atomic mass is 10.0. The third-order valence-corrected chi connectivity index (χ3v) is 11.3. The first-order chi connectivity index (χ1) is 36.7. The lowest BCUT2D eigenvalue weighted by Gasteiger charge is -2.28. The molecular formula is C44H82N20O14. The Morgan fingerprint density at radius 2 is 0.744 bits per heavy atom. The molecule has 0 aromatic rings. The summed E-state index contributed by atoms with van der Waals surface area (Å²) in [4.78, 5) is 144. The Kier molecular flexibility index (Phi) is 34.4. The molecule has 9 amide bonds. The van der Waals surface area contributed by atoms with Crippen molar-refractivity contribution in [3.63, 3.8) is 0 Å². The minimum atomic E-state index is -1.63. The highest BCUT2D eigenvalue weighted by atomic mass is 16.4. The molecule has 0 rings (SSSR count). The van der Waals surface area contributed by atoms with E-state index in [1.165, 1.54) is 27.9 Å². The number of amides is 9. The molecule has 27 N–H and O–H groups in total. The molecule has 34 nitrogen and oxygen atoms in total. The molecule has 0 heterocycles. The summed E-state index contributed by atoms with van der Waals surface area (Å²) in [5.41, 5.74) is 21.9. The van der Waals surface area contributed by atoms with Gasteiger partial charge in [0.1, 0.15) is 54.4 Å². The van der Waals surface area contributed by atoms with Gasteiger partial charge < -0.3 is 107 Å². The van der Waals surface area contributed by atoms with Crippen molar-refractivity contribution in [3.05, 3.63) is 0 Å². The van der Waals surface area contributed by atoms with Gasteiger partial charge in [-0.15, -0.1) is 0 Å². The third kappa shape index (κ3) is 29.8. The summed E-state index contributed by atoms with van der Waals surface area (Å²) < 4.78 is 0. The molecule has 442 valence electrons. The van der Waals surface area contributed by atoms with Gasteiger partial charge in [0, 0.05) is 33.1 Å². The van der Waals surface area contributed by atoms with Crippen molar-refractivity contribution in [1.82, 2.24) is 69.1 Å². The molecule has 0 aliphatic rings. The van der Waals surface area contributed by atoms with Gasteiger partial charge in [-0.3, -0.25) is 69.0 Å². The maximum atomic E-state index is 14.3. The molecule has 0 saturated carbocycles. The lowest BCUT2D eigenvalue weighted by molar-refractivity contribution is -0.141. The van der Waals surface area contributed by atoms with Gasteiger partial charge in [-0.25, -0.2) is 0 Å². The van der Waals surface area contributed by atoms with Crippen molar-refractivity contribution in [2.45, 2.75) is 145 Å². The van der Waals surface area contributed by atoms with Gasteiger partial charge in [0.15, 0.2) is 17.9 Å². The number of carboxylic acids is 2. The molecule has 78 heavy (non-hydrogen) atoms. The van der Waals surface area contributed by atoms with Crippen molar-refractivity contribution >= 4 is 83.0 Å². The van der Waals surface area contributed by atoms with Crippen LogP contribution in [0.3, 0.4) is 0 Å². The Bertz CT molecular complexity index is 2060. The molecule has 0 unspecified atom stereocenters. The minimum absolute atomic E-state index is 0.0244. The lowest BCUT2D eigenvalue weighted by Crippen LogP contribution is -2.60. The fourth-order valence-electron chi connectivity index (χ4n) is 7.00. The number of aliphatic carboxylic acids is 2. The second-order valence-corrected chi connectivity index (χ2v) is 17.7. The van der Waals surface area contributed by atoms with Crippen molar-refractivity contribution in [2.75, 3.05) is 46.9 Å². The summed E-state index contributed by atoms with van der Waals surface area (Å²) in [6.07, 6.45) is -1.54. The molecule has 34 heteroatoms. The highest BCUT2D eigenvalue weighted by molar-refractivity contribution is 5.98. The number of hydrogen-bond donors (Lipinski definition) is 23. The van der Waals surface area contributed by atoms with Crippen LogP contribution in [0.25, 0.3) is 0 Å². The summed E-state index contributed by atoms with van der Waals surface area (Å²) in [5, 5.41) is 82.8. The minimum Gasteiger partial charge on any atom is -0.481 e. The van der Waals surface area contributed by atoms with Gasteiger partial charge in [-0.05, 0) is 91.6 Å². The van der Waals surface area contributed by atoms with E-state index in [2.05, 4.69) is 69.1 Å². The van der Waals surface area contributed by atoms with Crippen molar-refractivity contribution in [1.29, 1.82) is 16.2 Å². The van der Waals surface area contributed by atoms with E-state index >= 15 is 0 Å². The van der Waals surface area contributed by atoms with E-state index < -0.39 is 157 Å². The molecule has 0 saturated heterocycles. The number of carbonyl (C=O) groups excluding carboxylic acids is 9. The van der Waals surface area contributed by atoms with E-state index in [1.54, 1.807) is 0 Å². The van der Waals surface area contributed by atoms with Gasteiger partial charge in [0.25, 0.3) is 0 Å². The second-order valence-electron chi connectivity index (χ2n) is 17.7. The van der Waals surface area contributed by atoms with Crippen LogP contribution in [0.15, 0.2) is 0 Å². The smallest absolute Gasteiger partial charge is 0.305 e. The van der Waals surface area contributed by atoms with Gasteiger partial charge in [-0.2, -0.15) is 0 Å². The maximum absolute atomic E-state index is 14.3. The zero-order chi connectivity index (χ0) is 59.5. The number of unbranched alkanes of at least 4 members (excludes halogenated alkanes) is 1. The van der Waals surface area contributed by atoms with E-state index in [4.69, 9.17) is 44.3 Å². The van der Waals surface area contributed by atoms with Crippen LogP contribution in [-0.4, -0.2) is 200 Å². The number of carbonyl (C=O) groups is 11. The van der Waals surface area contributed by atoms with Gasteiger partial charge in [0.05, 0.1) is 13.0 Å². The van der Waals surface area contributed by atoms with E-state index in [0.29, 0.717) is 6.42 Å². The fourth-order valence-corrected chi connectivity index (χ4v) is 7.00. The highest BCUT2D eigenvalue weighted by Crippen LogP contribution is 2.10. The number of aliphatic hydroxyl groups is 1. The molecule has 0 spiro atoms. The number of nitrogens with two attached hydrogens (primary N) is 4. The molecule has 0 aromatic carbocycles. The SMILES string of the molecule is CNC(=O)[C@H](CC(=O)O)NC(=O)[C@H](C)NC(=O)[C@H](C)NC(=O)[C@H](CCCNC(=N)N)NC(=O)[C@H](CCCNC(=N)N)NC(=O)[C@H](CCCCN)NC(=O)[C@H](CCC(=O)O)NC(=O)[C@H](CCCNC(=N)N)NC(=O)[C@H](CO)NC. The Morgan fingerprint density at radius 3 is 1.06 bits per heavy atom. The molecule has 0 aliphatic carbocycles. The first-order valence-electron chi connectivity index (χ1n) is 25.0. The zero-order valence-corrected chi connectivity index (χ0v) is 44.4. The average Bonchev–Trinajstić information content (AvgIpc) is 3.36. The largest absolute Gasteiger partial charge is 0.481 e. The predicted molar refractivity (Wildman–Crippen MR) is 280 cm³/mol. The van der Waals surface area contributed by atoms with Crippen LogP contribution in [0.2, 0.25) is 0 Å². The second kappa shape index (κ2) is 38.4. The normalized spacial score (nSPS) is 14.2. The standard InChI is InChI=1S/C44H82N20O14/c1-22(33(70)57-23(2)34(71)64-29(20-32(68)69)35(72)53-4)58-36(73)25(11-7-17-54-42(46)47)60-38(75)26(12-8-18-55-43(48)49)61-37(74)24(10-5-6-16-45)59-40(77)28(14-15-31(66)67)63-39(76)27(13-9-19-56-44(50)51)62-41(78)30(21-65)52-3/h22-30,52,65H,5-21,45H2,1-4H3,(H,53,72)(H,57,70)(H,58,73)(H,59,77)(H,60,75)(H,61,74)(H,62,78)(H,63,76)(H,64,71)(H,66,67)(H,68,69)(H4,46,47,54)(H4,48,49,55)(H4,50,51,56)/t22-,23-,24-,25-,26-,27-,28-,29-,30-/m0/s1. The predicted octanol–water partition coefficient (Wildman–Crippen LogP) is -8.51. The van der Waals surface area contributed by atoms with E-state index in [-0.39, 0.29) is 83.5 Å². The number of hydrogen-bond acceptors (Lipinski definition) is 17. The molecular weight excluding hydrogens is 1030 g/mol. The highest BCUT2D eigenvalue weighted by Gasteiger charge is 2.34. The molecule has 0 radical (unpaired) electrons. The van der Waals surface area contributed by atoms with Crippen LogP contribution in [0.5, 0.6) is 0 Å². The van der Waals surface area contributed by atoms with Crippen molar-refractivity contribution in [2.24, 2.45) is 22.9 Å². The summed E-state index contributed by atoms with van der Waals surface area (Å²) in [7, 11) is 2.62. The maximum Gasteiger partial charge on any atom is 0.305 e. The summed E-state index contributed by atoms with van der Waals surface area (Å²) in [5.74, 6) is -12.2. The Labute approximate surface area is 450 Å². The number of guanidine groups is 3. The van der Waals surface area contributed by atoms with Gasteiger partial charge in [0.2, 0.25) is 53.2 Å². The van der Waals surface area contributed by atoms with Crippen LogP contribution >= 0.6 is 0 Å². The average molecular weight is 1120 g/mol. The number of nitrogens with one attached hydrogen (secondary N) is 16. The fraction of sp³-hybridized carbons (Fsp3) is 0.682. The zero-order valence-electron chi connectivity index (χ0n) is 44.4. The summed E-state index contributed by atoms with van der Waals surface area (Å²) in [6.45, 7) is 2.16. The summed E-state index contributed by atoms with van der Waals surface area (Å²) in [6, 6.07) is -12.8. The van der Waals surface area contributed by atoms with Crippen LogP contribution in [0.4, 0.5) is 0 Å². The molecule has 0 aromatic heterocycles. The van der Waals surface area contributed by atoms with Crippen molar-refractivity contribution < 1.29 is 68.1 Å². The monoisotopic (exact) mass is 1110 g/mol. The third-order valence-electron chi connectivity index (χ3n) is 11.3. The van der Waals surface area contributed by atoms with E-state index in [9.17, 15) is 63.0 Å². The van der Waals surface area contributed by atoms with Crippen LogP contribution in [-0.2, 0) is 52.7 Å². The number of likely N-dealkylation sites (N-methyl/N-ethyl adjacent to an activating group) is 2. The summed E-state index contributed by atoms with van der Waals surface area (Å²) >= 11 is 0. The van der Waals surface area contributed by atoms with Gasteiger partial charge >= 0.3 is 11.9 Å². The quantitative estimate of drug-likeness (QED) is 0.0154. The van der Waals surface area contributed by atoms with Crippen LogP contribution in [0.1, 0.15) is 90.9 Å². The Hall–Kier alpha value is -8.14. The number of aliphatic hydroxyl groups excluding tert-OH is 1. The Morgan fingerprint density at radius 1 is 0.423 bits per heavy atom. The van der Waals surface area contributed by atoms with E-state index in [0.717, 1.165) is 0 Å². The van der Waals surface area contributed by atoms with Crippen molar-refractivity contribution in [3.8, 4) is 0 Å². The molecule has 9 atom stereocenters. The topological polar surface area (TPSA) is 580 Å². The van der Waals surface area contributed by atoms with Crippen LogP contribution < -0.4 is 92.1 Å². The molecule has 0 fully saturated rings. The van der Waals surface area contributed by atoms with E-state index in [1.807, 2.05) is 0 Å². The Balaban J connectivity index is 6.85. The van der Waals surface area contributed by atoms with Gasteiger partial charge in [-0.1, -0.05) is 0 Å². The first-order valence-corrected chi connectivity index (χ1v) is 25.0. The first kappa shape index (κ1) is 69.9. The molecule has 0 bridgehead atoms. The van der Waals surface area contributed by atoms with Crippen LogP contribution in [0, 0.1) is 16.2 Å². The number of carboxylic acid groups (broad SMARTS) is 2. The number of rotatable bonds is 40. The molecule has 0 aliphatic heterocycles.